The van der Waals surface area contributed by atoms with Crippen molar-refractivity contribution in [1.82, 2.24) is 15.1 Å². The Hall–Kier alpha value is -2.14. The fourth-order valence-corrected chi connectivity index (χ4v) is 2.55. The second-order valence-electron chi connectivity index (χ2n) is 5.84. The molecule has 1 heterocycles. The van der Waals surface area contributed by atoms with Gasteiger partial charge in [0.2, 0.25) is 0 Å². The van der Waals surface area contributed by atoms with Gasteiger partial charge in [-0.25, -0.2) is 0 Å². The number of hydrogen-bond donors (Lipinski definition) is 2. The molecule has 2 rings (SSSR count). The van der Waals surface area contributed by atoms with Crippen LogP contribution in [-0.4, -0.2) is 28.3 Å². The summed E-state index contributed by atoms with van der Waals surface area (Å²) in [6, 6.07) is 10.1. The smallest absolute Gasteiger partial charge is 0.255 e. The summed E-state index contributed by atoms with van der Waals surface area (Å²) in [6.07, 6.45) is 4.71. The number of unbranched alkanes of at least 4 members (excludes halogenated alkanes) is 1. The molecule has 1 aromatic carbocycles. The van der Waals surface area contributed by atoms with Crippen LogP contribution in [0.4, 0.5) is 0 Å². The van der Waals surface area contributed by atoms with E-state index in [0.717, 1.165) is 30.5 Å². The van der Waals surface area contributed by atoms with E-state index in [-0.39, 0.29) is 11.9 Å². The van der Waals surface area contributed by atoms with Crippen LogP contribution in [0.2, 0.25) is 0 Å². The zero-order valence-electron chi connectivity index (χ0n) is 14.0. The number of nitrogens with one attached hydrogen (secondary N) is 1. The molecule has 0 spiro atoms. The fraction of sp³-hybridized carbons (Fsp3) is 0.444. The monoisotopic (exact) mass is 314 g/mol. The van der Waals surface area contributed by atoms with Crippen molar-refractivity contribution < 1.29 is 4.79 Å². The van der Waals surface area contributed by atoms with E-state index in [1.165, 1.54) is 0 Å². The van der Waals surface area contributed by atoms with Gasteiger partial charge < -0.3 is 11.1 Å². The minimum Gasteiger partial charge on any atom is -0.348 e. The van der Waals surface area contributed by atoms with E-state index in [1.807, 2.05) is 29.8 Å². The lowest BCUT2D eigenvalue weighted by Gasteiger charge is -2.16. The fourth-order valence-electron chi connectivity index (χ4n) is 2.55. The molecule has 0 saturated carbocycles. The van der Waals surface area contributed by atoms with Gasteiger partial charge in [-0.3, -0.25) is 9.48 Å². The summed E-state index contributed by atoms with van der Waals surface area (Å²) in [5.74, 6) is -0.0895. The standard InChI is InChI=1S/C18H26N4O/c1-3-4-10-16(11-19)21-18(23)17-12-20-22(14(17)2)13-15-8-6-5-7-9-15/h5-9,12,16H,3-4,10-11,13,19H2,1-2H3,(H,21,23). The summed E-state index contributed by atoms with van der Waals surface area (Å²) in [5.41, 5.74) is 8.40. The third-order valence-electron chi connectivity index (χ3n) is 4.05. The van der Waals surface area contributed by atoms with E-state index in [9.17, 15) is 4.79 Å². The number of carbonyl (C=O) groups is 1. The van der Waals surface area contributed by atoms with E-state index in [4.69, 9.17) is 5.73 Å². The Kier molecular flexibility index (Phi) is 6.35. The zero-order valence-corrected chi connectivity index (χ0v) is 14.0. The lowest BCUT2D eigenvalue weighted by atomic mass is 10.1. The van der Waals surface area contributed by atoms with E-state index in [1.54, 1.807) is 6.20 Å². The molecular weight excluding hydrogens is 288 g/mol. The zero-order chi connectivity index (χ0) is 16.7. The van der Waals surface area contributed by atoms with Crippen molar-refractivity contribution in [2.75, 3.05) is 6.54 Å². The van der Waals surface area contributed by atoms with Crippen molar-refractivity contribution in [3.05, 3.63) is 53.3 Å². The summed E-state index contributed by atoms with van der Waals surface area (Å²) in [6.45, 7) is 5.18. The molecule has 3 N–H and O–H groups in total. The maximum Gasteiger partial charge on any atom is 0.255 e. The minimum atomic E-state index is -0.0895. The third kappa shape index (κ3) is 4.66. The molecule has 5 heteroatoms. The van der Waals surface area contributed by atoms with Crippen molar-refractivity contribution in [2.45, 2.75) is 45.7 Å². The molecule has 0 saturated heterocycles. The molecule has 2 aromatic rings. The summed E-state index contributed by atoms with van der Waals surface area (Å²) < 4.78 is 1.85. The number of carbonyl (C=O) groups excluding carboxylic acids is 1. The summed E-state index contributed by atoms with van der Waals surface area (Å²) in [5, 5.41) is 7.37. The van der Waals surface area contributed by atoms with Gasteiger partial charge in [0.15, 0.2) is 0 Å². The number of benzene rings is 1. The topological polar surface area (TPSA) is 72.9 Å². The molecule has 1 aromatic heterocycles. The van der Waals surface area contributed by atoms with Crippen molar-refractivity contribution in [3.8, 4) is 0 Å². The maximum atomic E-state index is 12.4. The van der Waals surface area contributed by atoms with Gasteiger partial charge in [0.1, 0.15) is 0 Å². The van der Waals surface area contributed by atoms with Crippen LogP contribution >= 0.6 is 0 Å². The van der Waals surface area contributed by atoms with Gasteiger partial charge in [0, 0.05) is 18.3 Å². The number of nitrogens with zero attached hydrogens (tertiary/aromatic N) is 2. The molecule has 0 radical (unpaired) electrons. The number of nitrogens with two attached hydrogens (primary N) is 1. The molecule has 1 atom stereocenters. The lowest BCUT2D eigenvalue weighted by Crippen LogP contribution is -2.40. The lowest BCUT2D eigenvalue weighted by molar-refractivity contribution is 0.0935. The Morgan fingerprint density at radius 3 is 2.74 bits per heavy atom. The Morgan fingerprint density at radius 1 is 1.35 bits per heavy atom. The highest BCUT2D eigenvalue weighted by atomic mass is 16.1. The van der Waals surface area contributed by atoms with E-state index >= 15 is 0 Å². The Bertz CT molecular complexity index is 621. The predicted molar refractivity (Wildman–Crippen MR) is 92.3 cm³/mol. The molecular formula is C18H26N4O. The first-order valence-corrected chi connectivity index (χ1v) is 8.23. The van der Waals surface area contributed by atoms with E-state index < -0.39 is 0 Å². The van der Waals surface area contributed by atoms with Gasteiger partial charge >= 0.3 is 0 Å². The summed E-state index contributed by atoms with van der Waals surface area (Å²) in [4.78, 5) is 12.4. The van der Waals surface area contributed by atoms with Crippen LogP contribution in [-0.2, 0) is 6.54 Å². The van der Waals surface area contributed by atoms with Crippen LogP contribution in [0.25, 0.3) is 0 Å². The average molecular weight is 314 g/mol. The van der Waals surface area contributed by atoms with Gasteiger partial charge in [-0.15, -0.1) is 0 Å². The highest BCUT2D eigenvalue weighted by Gasteiger charge is 2.17. The maximum absolute atomic E-state index is 12.4. The number of aromatic nitrogens is 2. The summed E-state index contributed by atoms with van der Waals surface area (Å²) >= 11 is 0. The molecule has 0 aliphatic rings. The number of rotatable bonds is 8. The Morgan fingerprint density at radius 2 is 2.09 bits per heavy atom. The SMILES string of the molecule is CCCCC(CN)NC(=O)c1cnn(Cc2ccccc2)c1C. The van der Waals surface area contributed by atoms with Gasteiger partial charge in [0.25, 0.3) is 5.91 Å². The van der Waals surface area contributed by atoms with Gasteiger partial charge in [-0.1, -0.05) is 50.1 Å². The molecule has 124 valence electrons. The highest BCUT2D eigenvalue weighted by molar-refractivity contribution is 5.95. The normalized spacial score (nSPS) is 12.1. The van der Waals surface area contributed by atoms with E-state index in [2.05, 4.69) is 29.5 Å². The number of hydrogen-bond acceptors (Lipinski definition) is 3. The van der Waals surface area contributed by atoms with Crippen LogP contribution in [0.1, 0.15) is 47.8 Å². The highest BCUT2D eigenvalue weighted by Crippen LogP contribution is 2.11. The number of amides is 1. The first-order valence-electron chi connectivity index (χ1n) is 8.23. The van der Waals surface area contributed by atoms with Gasteiger partial charge in [-0.05, 0) is 18.9 Å². The second-order valence-corrected chi connectivity index (χ2v) is 5.84. The Balaban J connectivity index is 2.04. The van der Waals surface area contributed by atoms with Crippen molar-refractivity contribution >= 4 is 5.91 Å². The minimum absolute atomic E-state index is 0.0272. The molecule has 1 unspecified atom stereocenters. The van der Waals surface area contributed by atoms with Crippen LogP contribution < -0.4 is 11.1 Å². The molecule has 0 bridgehead atoms. The quantitative estimate of drug-likeness (QED) is 0.786. The van der Waals surface area contributed by atoms with Crippen molar-refractivity contribution in [2.24, 2.45) is 5.73 Å². The first-order chi connectivity index (χ1) is 11.2. The molecule has 0 aliphatic carbocycles. The molecule has 0 aliphatic heterocycles. The molecule has 23 heavy (non-hydrogen) atoms. The van der Waals surface area contributed by atoms with Crippen molar-refractivity contribution in [1.29, 1.82) is 0 Å². The van der Waals surface area contributed by atoms with E-state index in [0.29, 0.717) is 18.7 Å². The van der Waals surface area contributed by atoms with Crippen LogP contribution in [0.3, 0.4) is 0 Å². The van der Waals surface area contributed by atoms with Crippen LogP contribution in [0.5, 0.6) is 0 Å². The van der Waals surface area contributed by atoms with Crippen molar-refractivity contribution in [3.63, 3.8) is 0 Å². The molecule has 1 amide bonds. The molecule has 0 fully saturated rings. The van der Waals surface area contributed by atoms with Crippen LogP contribution in [0.15, 0.2) is 36.5 Å². The van der Waals surface area contributed by atoms with Crippen LogP contribution in [0, 0.1) is 6.92 Å². The molecule has 5 nitrogen and oxygen atoms in total. The third-order valence-corrected chi connectivity index (χ3v) is 4.05. The largest absolute Gasteiger partial charge is 0.348 e. The summed E-state index contributed by atoms with van der Waals surface area (Å²) in [7, 11) is 0. The predicted octanol–water partition coefficient (Wildman–Crippen LogP) is 2.49. The van der Waals surface area contributed by atoms with Gasteiger partial charge in [0.05, 0.1) is 18.3 Å². The average Bonchev–Trinajstić information content (AvgIpc) is 2.93. The van der Waals surface area contributed by atoms with Gasteiger partial charge in [-0.2, -0.15) is 5.10 Å². The first kappa shape index (κ1) is 17.2. The second kappa shape index (κ2) is 8.48. The Labute approximate surface area is 137 Å².